The minimum Gasteiger partial charge on any atom is -0.392 e. The zero-order valence-electron chi connectivity index (χ0n) is 13.9. The number of aliphatic hydroxyl groups excluding tert-OH is 1. The molecule has 3 rings (SSSR count). The lowest BCUT2D eigenvalue weighted by atomic mass is 10.1. The summed E-state index contributed by atoms with van der Waals surface area (Å²) < 4.78 is 0. The Kier molecular flexibility index (Phi) is 5.48. The number of aliphatic hydroxyl groups is 1. The van der Waals surface area contributed by atoms with Gasteiger partial charge in [0.2, 0.25) is 11.8 Å². The van der Waals surface area contributed by atoms with E-state index in [2.05, 4.69) is 5.32 Å². The molecule has 0 radical (unpaired) electrons. The van der Waals surface area contributed by atoms with E-state index in [-0.39, 0.29) is 17.9 Å². The Morgan fingerprint density at radius 3 is 2.67 bits per heavy atom. The van der Waals surface area contributed by atoms with E-state index in [1.165, 1.54) is 0 Å². The second-order valence-corrected chi connectivity index (χ2v) is 6.62. The number of hydrogen-bond acceptors (Lipinski definition) is 4. The monoisotopic (exact) mass is 331 g/mol. The number of nitrogens with one attached hydrogen (secondary N) is 1. The van der Waals surface area contributed by atoms with Crippen LogP contribution in [0.4, 0.5) is 5.69 Å². The third-order valence-corrected chi connectivity index (χ3v) is 4.66. The molecule has 2 amide bonds. The van der Waals surface area contributed by atoms with Gasteiger partial charge in [0, 0.05) is 31.7 Å². The average Bonchev–Trinajstić information content (AvgIpc) is 2.99. The first-order valence-electron chi connectivity index (χ1n) is 8.68. The molecule has 0 spiro atoms. The highest BCUT2D eigenvalue weighted by molar-refractivity contribution is 5.95. The Hall–Kier alpha value is -1.92. The molecule has 0 unspecified atom stereocenters. The zero-order chi connectivity index (χ0) is 16.9. The lowest BCUT2D eigenvalue weighted by Crippen LogP contribution is -2.44. The van der Waals surface area contributed by atoms with Gasteiger partial charge in [0.25, 0.3) is 0 Å². The molecule has 2 aliphatic rings. The van der Waals surface area contributed by atoms with Gasteiger partial charge >= 0.3 is 0 Å². The van der Waals surface area contributed by atoms with Crippen LogP contribution in [0, 0.1) is 0 Å². The van der Waals surface area contributed by atoms with Crippen molar-refractivity contribution < 1.29 is 14.7 Å². The van der Waals surface area contributed by atoms with E-state index in [0.717, 1.165) is 43.6 Å². The Morgan fingerprint density at radius 1 is 1.21 bits per heavy atom. The van der Waals surface area contributed by atoms with Crippen LogP contribution in [0.1, 0.15) is 31.2 Å². The summed E-state index contributed by atoms with van der Waals surface area (Å²) >= 11 is 0. The number of carbonyl (C=O) groups is 2. The van der Waals surface area contributed by atoms with Gasteiger partial charge < -0.3 is 15.3 Å². The second kappa shape index (κ2) is 7.77. The molecule has 1 atom stereocenters. The van der Waals surface area contributed by atoms with E-state index in [0.29, 0.717) is 26.1 Å². The van der Waals surface area contributed by atoms with Crippen molar-refractivity contribution in [2.24, 2.45) is 0 Å². The van der Waals surface area contributed by atoms with Crippen molar-refractivity contribution in [3.05, 3.63) is 29.8 Å². The van der Waals surface area contributed by atoms with Crippen LogP contribution in [0.25, 0.3) is 0 Å². The molecule has 6 nitrogen and oxygen atoms in total. The molecule has 0 aliphatic carbocycles. The van der Waals surface area contributed by atoms with Crippen LogP contribution in [0.15, 0.2) is 24.3 Å². The largest absolute Gasteiger partial charge is 0.392 e. The molecule has 2 fully saturated rings. The molecule has 2 aliphatic heterocycles. The smallest absolute Gasteiger partial charge is 0.234 e. The number of carbonyl (C=O) groups excluding carboxylic acids is 2. The van der Waals surface area contributed by atoms with Crippen LogP contribution in [0.2, 0.25) is 0 Å². The van der Waals surface area contributed by atoms with Gasteiger partial charge in [0.15, 0.2) is 0 Å². The number of nitrogens with zero attached hydrogens (tertiary/aromatic N) is 2. The Balaban J connectivity index is 1.46. The summed E-state index contributed by atoms with van der Waals surface area (Å²) in [6.07, 6.45) is 2.99. The van der Waals surface area contributed by atoms with Gasteiger partial charge in [-0.25, -0.2) is 0 Å². The van der Waals surface area contributed by atoms with Crippen LogP contribution in [0.3, 0.4) is 0 Å². The van der Waals surface area contributed by atoms with Crippen molar-refractivity contribution in [2.45, 2.75) is 38.3 Å². The van der Waals surface area contributed by atoms with Gasteiger partial charge in [0.05, 0.1) is 12.6 Å². The van der Waals surface area contributed by atoms with Crippen molar-refractivity contribution >= 4 is 17.5 Å². The molecule has 0 aromatic heterocycles. The van der Waals surface area contributed by atoms with Crippen LogP contribution >= 0.6 is 0 Å². The van der Waals surface area contributed by atoms with E-state index in [1.54, 1.807) is 0 Å². The first kappa shape index (κ1) is 16.9. The maximum absolute atomic E-state index is 12.0. The topological polar surface area (TPSA) is 72.9 Å². The summed E-state index contributed by atoms with van der Waals surface area (Å²) in [5.74, 6) is 0.155. The van der Waals surface area contributed by atoms with E-state index in [1.807, 2.05) is 34.1 Å². The molecule has 0 bridgehead atoms. The SMILES string of the molecule is O=C(CN1CCC[C@H](O)C1)NCc1ccc(N2CCCC2=O)cc1. The Labute approximate surface area is 142 Å². The quantitative estimate of drug-likeness (QED) is 0.840. The van der Waals surface area contributed by atoms with Crippen LogP contribution in [-0.2, 0) is 16.1 Å². The predicted molar refractivity (Wildman–Crippen MR) is 91.6 cm³/mol. The second-order valence-electron chi connectivity index (χ2n) is 6.62. The van der Waals surface area contributed by atoms with Gasteiger partial charge in [-0.2, -0.15) is 0 Å². The minimum atomic E-state index is -0.313. The Morgan fingerprint density at radius 2 is 2.00 bits per heavy atom. The van der Waals surface area contributed by atoms with Crippen molar-refractivity contribution in [1.29, 1.82) is 0 Å². The third-order valence-electron chi connectivity index (χ3n) is 4.66. The average molecular weight is 331 g/mol. The highest BCUT2D eigenvalue weighted by Crippen LogP contribution is 2.21. The molecule has 1 aromatic rings. The molecule has 2 heterocycles. The maximum atomic E-state index is 12.0. The standard InChI is InChI=1S/C18H25N3O3/c22-16-3-1-9-20(12-16)13-17(23)19-11-14-5-7-15(8-6-14)21-10-2-4-18(21)24/h5-8,16,22H,1-4,9-13H2,(H,19,23)/t16-/m0/s1. The van der Waals surface area contributed by atoms with Gasteiger partial charge in [0.1, 0.15) is 0 Å². The number of amides is 2. The summed E-state index contributed by atoms with van der Waals surface area (Å²) in [6.45, 7) is 3.03. The van der Waals surface area contributed by atoms with Gasteiger partial charge in [-0.1, -0.05) is 12.1 Å². The highest BCUT2D eigenvalue weighted by Gasteiger charge is 2.21. The lowest BCUT2D eigenvalue weighted by molar-refractivity contribution is -0.123. The van der Waals surface area contributed by atoms with Gasteiger partial charge in [-0.3, -0.25) is 14.5 Å². The third kappa shape index (κ3) is 4.33. The molecule has 2 N–H and O–H groups in total. The first-order valence-corrected chi connectivity index (χ1v) is 8.68. The normalized spacial score (nSPS) is 22.0. The van der Waals surface area contributed by atoms with E-state index in [9.17, 15) is 14.7 Å². The van der Waals surface area contributed by atoms with Gasteiger partial charge in [-0.15, -0.1) is 0 Å². The lowest BCUT2D eigenvalue weighted by Gasteiger charge is -2.29. The first-order chi connectivity index (χ1) is 11.6. The Bertz CT molecular complexity index is 588. The predicted octanol–water partition coefficient (Wildman–Crippen LogP) is 0.886. The zero-order valence-corrected chi connectivity index (χ0v) is 13.9. The number of likely N-dealkylation sites (tertiary alicyclic amines) is 1. The van der Waals surface area contributed by atoms with Crippen LogP contribution in [0.5, 0.6) is 0 Å². The van der Waals surface area contributed by atoms with E-state index in [4.69, 9.17) is 0 Å². The molecular formula is C18H25N3O3. The number of piperidine rings is 1. The summed E-state index contributed by atoms with van der Waals surface area (Å²) in [7, 11) is 0. The molecular weight excluding hydrogens is 306 g/mol. The summed E-state index contributed by atoms with van der Waals surface area (Å²) in [4.78, 5) is 27.6. The fourth-order valence-corrected chi connectivity index (χ4v) is 3.35. The highest BCUT2D eigenvalue weighted by atomic mass is 16.3. The minimum absolute atomic E-state index is 0.0251. The van der Waals surface area contributed by atoms with Crippen molar-refractivity contribution in [2.75, 3.05) is 31.1 Å². The van der Waals surface area contributed by atoms with E-state index < -0.39 is 0 Å². The maximum Gasteiger partial charge on any atom is 0.234 e. The molecule has 130 valence electrons. The summed E-state index contributed by atoms with van der Waals surface area (Å²) in [5.41, 5.74) is 1.94. The number of benzene rings is 1. The number of anilines is 1. The molecule has 0 saturated carbocycles. The summed E-state index contributed by atoms with van der Waals surface area (Å²) in [6, 6.07) is 7.77. The summed E-state index contributed by atoms with van der Waals surface area (Å²) in [5, 5.41) is 12.5. The fourth-order valence-electron chi connectivity index (χ4n) is 3.35. The molecule has 6 heteroatoms. The fraction of sp³-hybridized carbons (Fsp3) is 0.556. The van der Waals surface area contributed by atoms with Crippen molar-refractivity contribution in [3.63, 3.8) is 0 Å². The van der Waals surface area contributed by atoms with Crippen LogP contribution < -0.4 is 10.2 Å². The number of β-amino-alcohol motifs (C(OH)–C–C–N with tert-alkyl or cyclic N) is 1. The molecule has 2 saturated heterocycles. The molecule has 1 aromatic carbocycles. The van der Waals surface area contributed by atoms with Crippen LogP contribution in [-0.4, -0.2) is 54.1 Å². The number of rotatable bonds is 5. The number of hydrogen-bond donors (Lipinski definition) is 2. The van der Waals surface area contributed by atoms with Gasteiger partial charge in [-0.05, 0) is 43.5 Å². The van der Waals surface area contributed by atoms with E-state index >= 15 is 0 Å². The molecule has 24 heavy (non-hydrogen) atoms. The van der Waals surface area contributed by atoms with Crippen molar-refractivity contribution in [1.82, 2.24) is 10.2 Å². The van der Waals surface area contributed by atoms with Crippen molar-refractivity contribution in [3.8, 4) is 0 Å².